The van der Waals surface area contributed by atoms with Crippen LogP contribution in [0, 0.1) is 13.8 Å². The van der Waals surface area contributed by atoms with E-state index in [0.29, 0.717) is 17.1 Å². The molecule has 22 heavy (non-hydrogen) atoms. The number of aliphatic carboxylic acids is 1. The molecule has 1 aromatic heterocycles. The lowest BCUT2D eigenvalue weighted by molar-refractivity contribution is -0.137. The number of furan rings is 1. The second kappa shape index (κ2) is 6.79. The molecule has 0 saturated heterocycles. The summed E-state index contributed by atoms with van der Waals surface area (Å²) in [7, 11) is 0. The van der Waals surface area contributed by atoms with Gasteiger partial charge in [-0.25, -0.2) is 0 Å². The molecule has 2 rings (SSSR count). The molecule has 1 heterocycles. The van der Waals surface area contributed by atoms with E-state index in [0.717, 1.165) is 10.0 Å². The summed E-state index contributed by atoms with van der Waals surface area (Å²) < 4.78 is 6.09. The van der Waals surface area contributed by atoms with Crippen LogP contribution in [0.2, 0.25) is 0 Å². The van der Waals surface area contributed by atoms with E-state index in [9.17, 15) is 9.59 Å². The lowest BCUT2D eigenvalue weighted by atomic mass is 10.0. The molecule has 0 bridgehead atoms. The monoisotopic (exact) mass is 365 g/mol. The second-order valence-electron chi connectivity index (χ2n) is 4.97. The van der Waals surface area contributed by atoms with Gasteiger partial charge in [0.05, 0.1) is 18.0 Å². The summed E-state index contributed by atoms with van der Waals surface area (Å²) >= 11 is 3.39. The predicted molar refractivity (Wildman–Crippen MR) is 84.8 cm³/mol. The van der Waals surface area contributed by atoms with Crippen molar-refractivity contribution in [2.75, 3.05) is 0 Å². The van der Waals surface area contributed by atoms with Gasteiger partial charge in [0.1, 0.15) is 11.5 Å². The van der Waals surface area contributed by atoms with E-state index in [-0.39, 0.29) is 12.3 Å². The first-order valence-corrected chi connectivity index (χ1v) is 7.52. The van der Waals surface area contributed by atoms with Crippen LogP contribution in [0.15, 0.2) is 39.2 Å². The third kappa shape index (κ3) is 3.76. The number of hydrogen-bond acceptors (Lipinski definition) is 3. The number of nitrogens with one attached hydrogen (secondary N) is 1. The lowest BCUT2D eigenvalue weighted by Crippen LogP contribution is -2.30. The number of hydrogen-bond donors (Lipinski definition) is 2. The Bertz CT molecular complexity index is 708. The molecule has 1 aromatic carbocycles. The van der Waals surface area contributed by atoms with E-state index in [1.165, 1.54) is 0 Å². The van der Waals surface area contributed by atoms with Crippen LogP contribution in [0.3, 0.4) is 0 Å². The molecule has 0 aliphatic carbocycles. The van der Waals surface area contributed by atoms with E-state index in [4.69, 9.17) is 9.52 Å². The van der Waals surface area contributed by atoms with Gasteiger partial charge in [-0.3, -0.25) is 9.59 Å². The maximum absolute atomic E-state index is 12.4. The largest absolute Gasteiger partial charge is 0.481 e. The van der Waals surface area contributed by atoms with Crippen LogP contribution in [0.25, 0.3) is 0 Å². The van der Waals surface area contributed by atoms with E-state index >= 15 is 0 Å². The van der Waals surface area contributed by atoms with Crippen molar-refractivity contribution in [1.29, 1.82) is 0 Å². The van der Waals surface area contributed by atoms with Crippen molar-refractivity contribution >= 4 is 27.8 Å². The summed E-state index contributed by atoms with van der Waals surface area (Å²) in [5.74, 6) is -0.188. The van der Waals surface area contributed by atoms with Gasteiger partial charge in [-0.2, -0.15) is 0 Å². The van der Waals surface area contributed by atoms with Crippen LogP contribution in [0.5, 0.6) is 0 Å². The van der Waals surface area contributed by atoms with Gasteiger partial charge in [-0.15, -0.1) is 0 Å². The number of carbonyl (C=O) groups is 2. The van der Waals surface area contributed by atoms with Gasteiger partial charge >= 0.3 is 5.97 Å². The number of rotatable bonds is 5. The fourth-order valence-corrected chi connectivity index (χ4v) is 2.82. The first kappa shape index (κ1) is 16.3. The Hall–Kier alpha value is -2.08. The third-order valence-corrected chi connectivity index (χ3v) is 3.97. The molecule has 5 nitrogen and oxygen atoms in total. The van der Waals surface area contributed by atoms with Crippen molar-refractivity contribution < 1.29 is 19.1 Å². The highest BCUT2D eigenvalue weighted by Gasteiger charge is 2.22. The highest BCUT2D eigenvalue weighted by Crippen LogP contribution is 2.26. The van der Waals surface area contributed by atoms with Crippen molar-refractivity contribution in [3.05, 3.63) is 57.5 Å². The Balaban J connectivity index is 2.27. The molecular formula is C16H16BrNO4. The zero-order valence-electron chi connectivity index (χ0n) is 12.2. The molecule has 0 aliphatic heterocycles. The van der Waals surface area contributed by atoms with Crippen molar-refractivity contribution in [2.24, 2.45) is 0 Å². The van der Waals surface area contributed by atoms with Crippen LogP contribution < -0.4 is 5.32 Å². The topological polar surface area (TPSA) is 79.5 Å². The Morgan fingerprint density at radius 1 is 1.32 bits per heavy atom. The Labute approximate surface area is 136 Å². The van der Waals surface area contributed by atoms with E-state index < -0.39 is 12.0 Å². The number of halogens is 1. The molecule has 1 atom stereocenters. The molecule has 0 fully saturated rings. The highest BCUT2D eigenvalue weighted by molar-refractivity contribution is 9.10. The van der Waals surface area contributed by atoms with Gasteiger partial charge in [-0.1, -0.05) is 34.1 Å². The Kier molecular flexibility index (Phi) is 5.03. The van der Waals surface area contributed by atoms with Gasteiger partial charge in [0.2, 0.25) is 0 Å². The molecule has 0 aliphatic rings. The highest BCUT2D eigenvalue weighted by atomic mass is 79.9. The normalized spacial score (nSPS) is 12.0. The zero-order valence-corrected chi connectivity index (χ0v) is 13.8. The van der Waals surface area contributed by atoms with Crippen LogP contribution in [-0.4, -0.2) is 17.0 Å². The fraction of sp³-hybridized carbons (Fsp3) is 0.250. The summed E-state index contributed by atoms with van der Waals surface area (Å²) in [5.41, 5.74) is 1.14. The summed E-state index contributed by atoms with van der Waals surface area (Å²) in [6.07, 6.45) is -0.204. The third-order valence-electron chi connectivity index (χ3n) is 3.25. The van der Waals surface area contributed by atoms with Gasteiger partial charge in [0.15, 0.2) is 0 Å². The predicted octanol–water partition coefficient (Wildman–Crippen LogP) is 3.60. The van der Waals surface area contributed by atoms with Gasteiger partial charge < -0.3 is 14.8 Å². The average molecular weight is 366 g/mol. The van der Waals surface area contributed by atoms with Crippen LogP contribution >= 0.6 is 15.9 Å². The molecule has 0 saturated carbocycles. The Morgan fingerprint density at radius 2 is 2.00 bits per heavy atom. The standard InChI is InChI=1S/C16H16BrNO4/c1-9-7-12(10(2)22-9)16(21)18-14(8-15(19)20)11-5-3-4-6-13(11)17/h3-7,14H,8H2,1-2H3,(H,18,21)(H,19,20). The summed E-state index contributed by atoms with van der Waals surface area (Å²) in [6.45, 7) is 3.46. The molecule has 0 radical (unpaired) electrons. The molecule has 0 spiro atoms. The molecular weight excluding hydrogens is 350 g/mol. The number of aryl methyl sites for hydroxylation is 2. The molecule has 2 N–H and O–H groups in total. The van der Waals surface area contributed by atoms with Crippen LogP contribution in [-0.2, 0) is 4.79 Å². The zero-order chi connectivity index (χ0) is 16.3. The molecule has 1 unspecified atom stereocenters. The number of carboxylic acids is 1. The maximum atomic E-state index is 12.4. The van der Waals surface area contributed by atoms with Crippen LogP contribution in [0.4, 0.5) is 0 Å². The summed E-state index contributed by atoms with van der Waals surface area (Å²) in [5, 5.41) is 11.9. The minimum Gasteiger partial charge on any atom is -0.481 e. The number of amides is 1. The van der Waals surface area contributed by atoms with Crippen molar-refractivity contribution in [3.63, 3.8) is 0 Å². The first-order valence-electron chi connectivity index (χ1n) is 6.72. The molecule has 116 valence electrons. The van der Waals surface area contributed by atoms with Gasteiger partial charge in [-0.05, 0) is 31.5 Å². The van der Waals surface area contributed by atoms with Gasteiger partial charge in [0.25, 0.3) is 5.91 Å². The first-order chi connectivity index (χ1) is 10.4. The minimum absolute atomic E-state index is 0.204. The average Bonchev–Trinajstić information content (AvgIpc) is 2.77. The molecule has 6 heteroatoms. The summed E-state index contributed by atoms with van der Waals surface area (Å²) in [6, 6.07) is 8.23. The molecule has 2 aromatic rings. The molecule has 1 amide bonds. The number of carboxylic acid groups (broad SMARTS) is 1. The second-order valence-corrected chi connectivity index (χ2v) is 5.83. The van der Waals surface area contributed by atoms with E-state index in [1.54, 1.807) is 32.0 Å². The Morgan fingerprint density at radius 3 is 2.55 bits per heavy atom. The van der Waals surface area contributed by atoms with Gasteiger partial charge in [0, 0.05) is 4.47 Å². The van der Waals surface area contributed by atoms with Crippen molar-refractivity contribution in [3.8, 4) is 0 Å². The van der Waals surface area contributed by atoms with E-state index in [1.807, 2.05) is 12.1 Å². The van der Waals surface area contributed by atoms with E-state index in [2.05, 4.69) is 21.2 Å². The SMILES string of the molecule is Cc1cc(C(=O)NC(CC(=O)O)c2ccccc2Br)c(C)o1. The number of benzene rings is 1. The smallest absolute Gasteiger partial charge is 0.305 e. The maximum Gasteiger partial charge on any atom is 0.305 e. The summed E-state index contributed by atoms with van der Waals surface area (Å²) in [4.78, 5) is 23.5. The minimum atomic E-state index is -0.985. The van der Waals surface area contributed by atoms with Crippen molar-refractivity contribution in [1.82, 2.24) is 5.32 Å². The van der Waals surface area contributed by atoms with Crippen LogP contribution in [0.1, 0.15) is 39.9 Å². The number of carbonyl (C=O) groups excluding carboxylic acids is 1. The fourth-order valence-electron chi connectivity index (χ4n) is 2.26. The quantitative estimate of drug-likeness (QED) is 0.847. The lowest BCUT2D eigenvalue weighted by Gasteiger charge is -2.18. The van der Waals surface area contributed by atoms with Crippen molar-refractivity contribution in [2.45, 2.75) is 26.3 Å².